The monoisotopic (exact) mass is 482 g/mol. The summed E-state index contributed by atoms with van der Waals surface area (Å²) in [5.74, 6) is -1.96. The van der Waals surface area contributed by atoms with Crippen molar-refractivity contribution in [1.29, 1.82) is 0 Å². The third-order valence-corrected chi connectivity index (χ3v) is 4.78. The van der Waals surface area contributed by atoms with E-state index in [0.29, 0.717) is 12.2 Å². The van der Waals surface area contributed by atoms with E-state index in [1.165, 1.54) is 13.8 Å². The van der Waals surface area contributed by atoms with Gasteiger partial charge in [0.1, 0.15) is 18.5 Å². The van der Waals surface area contributed by atoms with Crippen molar-refractivity contribution in [3.8, 4) is 5.75 Å². The Hall–Kier alpha value is -3.18. The number of hydrogen-bond acceptors (Lipinski definition) is 11. The van der Waals surface area contributed by atoms with Crippen molar-refractivity contribution in [1.82, 2.24) is 0 Å². The lowest BCUT2D eigenvalue weighted by molar-refractivity contribution is -0.307. The molecule has 1 aliphatic heterocycles. The van der Waals surface area contributed by atoms with Gasteiger partial charge in [-0.05, 0) is 24.1 Å². The standard InChI is InChI=1S/C23H30O11/c1-13(24)30-12-19-20(31-14(2)25)21(32-15(3)26)22(33-16(4)27)23(34-19)29-11-10-17-6-8-18(28-5)9-7-17/h6-9,19-23H,10-12H2,1-5H3/t19-,20-,21+,22-,23+/m1/s1. The Labute approximate surface area is 197 Å². The molecule has 1 aromatic rings. The van der Waals surface area contributed by atoms with Crippen molar-refractivity contribution in [2.24, 2.45) is 0 Å². The lowest BCUT2D eigenvalue weighted by Gasteiger charge is -2.44. The van der Waals surface area contributed by atoms with Crippen LogP contribution in [0.15, 0.2) is 24.3 Å². The Morgan fingerprint density at radius 3 is 1.88 bits per heavy atom. The molecule has 0 bridgehead atoms. The van der Waals surface area contributed by atoms with Crippen molar-refractivity contribution in [2.45, 2.75) is 64.8 Å². The highest BCUT2D eigenvalue weighted by molar-refractivity contribution is 5.68. The summed E-state index contributed by atoms with van der Waals surface area (Å²) in [6, 6.07) is 7.36. The molecule has 34 heavy (non-hydrogen) atoms. The molecular formula is C23H30O11. The minimum Gasteiger partial charge on any atom is -0.497 e. The fourth-order valence-electron chi connectivity index (χ4n) is 3.41. The number of rotatable bonds is 10. The van der Waals surface area contributed by atoms with Gasteiger partial charge in [-0.2, -0.15) is 0 Å². The second-order valence-corrected chi connectivity index (χ2v) is 7.54. The highest BCUT2D eigenvalue weighted by Crippen LogP contribution is 2.30. The van der Waals surface area contributed by atoms with Crippen LogP contribution in [0.4, 0.5) is 0 Å². The van der Waals surface area contributed by atoms with Gasteiger partial charge in [-0.15, -0.1) is 0 Å². The molecule has 11 nitrogen and oxygen atoms in total. The predicted molar refractivity (Wildman–Crippen MR) is 115 cm³/mol. The molecule has 0 spiro atoms. The summed E-state index contributed by atoms with van der Waals surface area (Å²) in [5.41, 5.74) is 0.950. The lowest BCUT2D eigenvalue weighted by atomic mass is 9.98. The highest BCUT2D eigenvalue weighted by Gasteiger charge is 2.52. The van der Waals surface area contributed by atoms with E-state index in [4.69, 9.17) is 33.2 Å². The largest absolute Gasteiger partial charge is 0.497 e. The lowest BCUT2D eigenvalue weighted by Crippen LogP contribution is -2.63. The molecular weight excluding hydrogens is 452 g/mol. The van der Waals surface area contributed by atoms with Gasteiger partial charge in [0, 0.05) is 27.7 Å². The Bertz CT molecular complexity index is 851. The van der Waals surface area contributed by atoms with Gasteiger partial charge in [0.2, 0.25) is 0 Å². The highest BCUT2D eigenvalue weighted by atomic mass is 16.7. The number of methoxy groups -OCH3 is 1. The van der Waals surface area contributed by atoms with Crippen LogP contribution in [0.5, 0.6) is 5.75 Å². The molecule has 0 N–H and O–H groups in total. The van der Waals surface area contributed by atoms with E-state index >= 15 is 0 Å². The first-order valence-electron chi connectivity index (χ1n) is 10.7. The maximum absolute atomic E-state index is 11.8. The van der Waals surface area contributed by atoms with Crippen LogP contribution < -0.4 is 4.74 Å². The summed E-state index contributed by atoms with van der Waals surface area (Å²) in [5, 5.41) is 0. The summed E-state index contributed by atoms with van der Waals surface area (Å²) in [4.78, 5) is 46.7. The minimum absolute atomic E-state index is 0.153. The molecule has 1 fully saturated rings. The van der Waals surface area contributed by atoms with Crippen molar-refractivity contribution in [3.63, 3.8) is 0 Å². The Balaban J connectivity index is 2.25. The molecule has 0 unspecified atom stereocenters. The Kier molecular flexibility index (Phi) is 10.3. The zero-order valence-electron chi connectivity index (χ0n) is 19.8. The van der Waals surface area contributed by atoms with Gasteiger partial charge < -0.3 is 33.2 Å². The topological polar surface area (TPSA) is 133 Å². The van der Waals surface area contributed by atoms with Gasteiger partial charge >= 0.3 is 23.9 Å². The zero-order chi connectivity index (χ0) is 25.3. The molecule has 0 amide bonds. The smallest absolute Gasteiger partial charge is 0.303 e. The van der Waals surface area contributed by atoms with Crippen molar-refractivity contribution in [2.75, 3.05) is 20.3 Å². The maximum Gasteiger partial charge on any atom is 0.303 e. The molecule has 0 radical (unpaired) electrons. The van der Waals surface area contributed by atoms with Crippen LogP contribution in [0.1, 0.15) is 33.3 Å². The maximum atomic E-state index is 11.8. The fourth-order valence-corrected chi connectivity index (χ4v) is 3.41. The van der Waals surface area contributed by atoms with E-state index in [-0.39, 0.29) is 13.2 Å². The van der Waals surface area contributed by atoms with Crippen LogP contribution in [0.2, 0.25) is 0 Å². The SMILES string of the molecule is COc1ccc(CCO[C@H]2O[C@H](COC(C)=O)[C@@H](OC(C)=O)[C@H](OC(C)=O)[C@H]2OC(C)=O)cc1. The van der Waals surface area contributed by atoms with Crippen LogP contribution in [0, 0.1) is 0 Å². The first-order valence-corrected chi connectivity index (χ1v) is 10.7. The Morgan fingerprint density at radius 1 is 0.794 bits per heavy atom. The van der Waals surface area contributed by atoms with Crippen molar-refractivity contribution >= 4 is 23.9 Å². The second-order valence-electron chi connectivity index (χ2n) is 7.54. The number of benzene rings is 1. The summed E-state index contributed by atoms with van der Waals surface area (Å²) >= 11 is 0. The van der Waals surface area contributed by atoms with Gasteiger partial charge in [-0.1, -0.05) is 12.1 Å². The van der Waals surface area contributed by atoms with E-state index in [2.05, 4.69) is 0 Å². The molecule has 0 aromatic heterocycles. The van der Waals surface area contributed by atoms with Gasteiger partial charge in [-0.25, -0.2) is 0 Å². The Morgan fingerprint density at radius 2 is 1.35 bits per heavy atom. The minimum atomic E-state index is -1.26. The number of carbonyl (C=O) groups excluding carboxylic acids is 4. The molecule has 188 valence electrons. The molecule has 1 saturated heterocycles. The van der Waals surface area contributed by atoms with Crippen molar-refractivity contribution in [3.05, 3.63) is 29.8 Å². The zero-order valence-corrected chi connectivity index (χ0v) is 19.8. The number of esters is 4. The van der Waals surface area contributed by atoms with Gasteiger partial charge in [-0.3, -0.25) is 19.2 Å². The van der Waals surface area contributed by atoms with Crippen LogP contribution >= 0.6 is 0 Å². The van der Waals surface area contributed by atoms with E-state index < -0.39 is 54.6 Å². The second kappa shape index (κ2) is 12.9. The third kappa shape index (κ3) is 8.31. The summed E-state index contributed by atoms with van der Waals surface area (Å²) in [6.45, 7) is 4.54. The number of hydrogen-bond donors (Lipinski definition) is 0. The van der Waals surface area contributed by atoms with Gasteiger partial charge in [0.05, 0.1) is 13.7 Å². The van der Waals surface area contributed by atoms with Crippen LogP contribution in [0.3, 0.4) is 0 Å². The van der Waals surface area contributed by atoms with E-state index in [1.54, 1.807) is 7.11 Å². The van der Waals surface area contributed by atoms with E-state index in [0.717, 1.165) is 19.4 Å². The number of ether oxygens (including phenoxy) is 7. The van der Waals surface area contributed by atoms with E-state index in [9.17, 15) is 19.2 Å². The van der Waals surface area contributed by atoms with Gasteiger partial charge in [0.25, 0.3) is 0 Å². The van der Waals surface area contributed by atoms with Gasteiger partial charge in [0.15, 0.2) is 24.6 Å². The normalized spacial score (nSPS) is 24.0. The first-order chi connectivity index (χ1) is 16.1. The fraction of sp³-hybridized carbons (Fsp3) is 0.565. The molecule has 1 aromatic carbocycles. The molecule has 0 saturated carbocycles. The van der Waals surface area contributed by atoms with Crippen molar-refractivity contribution < 1.29 is 52.3 Å². The summed E-state index contributed by atoms with van der Waals surface area (Å²) in [6.07, 6.45) is -5.47. The average Bonchev–Trinajstić information content (AvgIpc) is 2.75. The summed E-state index contributed by atoms with van der Waals surface area (Å²) in [7, 11) is 1.57. The summed E-state index contributed by atoms with van der Waals surface area (Å²) < 4.78 is 38.0. The molecule has 1 aliphatic rings. The molecule has 11 heteroatoms. The number of carbonyl (C=O) groups is 4. The predicted octanol–water partition coefficient (Wildman–Crippen LogP) is 1.34. The third-order valence-electron chi connectivity index (χ3n) is 4.78. The molecule has 0 aliphatic carbocycles. The molecule has 5 atom stereocenters. The molecule has 1 heterocycles. The van der Waals surface area contributed by atoms with E-state index in [1.807, 2.05) is 24.3 Å². The van der Waals surface area contributed by atoms with Crippen LogP contribution in [-0.4, -0.2) is 74.9 Å². The van der Waals surface area contributed by atoms with Crippen LogP contribution in [0.25, 0.3) is 0 Å². The first kappa shape index (κ1) is 27.1. The average molecular weight is 482 g/mol. The molecule has 2 rings (SSSR count). The quantitative estimate of drug-likeness (QED) is 0.353. The van der Waals surface area contributed by atoms with Crippen LogP contribution in [-0.2, 0) is 54.0 Å².